The number of hydrogen-bond acceptors (Lipinski definition) is 9. The van der Waals surface area contributed by atoms with Crippen molar-refractivity contribution < 1.29 is 23.2 Å². The van der Waals surface area contributed by atoms with E-state index in [9.17, 15) is 14.9 Å². The summed E-state index contributed by atoms with van der Waals surface area (Å²) >= 11 is 1.60. The highest BCUT2D eigenvalue weighted by Gasteiger charge is 2.28. The number of carbonyl (C=O) groups excluding carboxylic acids is 2. The van der Waals surface area contributed by atoms with Gasteiger partial charge in [-0.3, -0.25) is 4.79 Å². The molecule has 1 fully saturated rings. The number of oxazole rings is 1. The van der Waals surface area contributed by atoms with E-state index in [1.807, 2.05) is 10.3 Å². The second-order valence-electron chi connectivity index (χ2n) is 8.60. The van der Waals surface area contributed by atoms with Gasteiger partial charge in [0.25, 0.3) is 11.8 Å². The molecule has 0 aromatic carbocycles. The van der Waals surface area contributed by atoms with Gasteiger partial charge in [-0.25, -0.2) is 4.79 Å². The van der Waals surface area contributed by atoms with Crippen molar-refractivity contribution >= 4 is 29.1 Å². The lowest BCUT2D eigenvalue weighted by Crippen LogP contribution is -2.50. The van der Waals surface area contributed by atoms with Crippen molar-refractivity contribution in [2.45, 2.75) is 26.2 Å². The largest absolute Gasteiger partial charge is 0.459 e. The summed E-state index contributed by atoms with van der Waals surface area (Å²) in [6.45, 7) is 3.72. The molecule has 10 heteroatoms. The van der Waals surface area contributed by atoms with Crippen molar-refractivity contribution in [2.24, 2.45) is 5.92 Å². The highest BCUT2D eigenvalue weighted by Crippen LogP contribution is 2.33. The van der Waals surface area contributed by atoms with Gasteiger partial charge in [-0.05, 0) is 42.9 Å². The summed E-state index contributed by atoms with van der Waals surface area (Å²) in [7, 11) is 0. The van der Waals surface area contributed by atoms with Crippen LogP contribution in [0, 0.1) is 17.2 Å². The van der Waals surface area contributed by atoms with Gasteiger partial charge in [0.15, 0.2) is 12.4 Å². The van der Waals surface area contributed by atoms with Gasteiger partial charge < -0.3 is 23.4 Å². The fraction of sp³-hybridized carbons (Fsp3) is 0.417. The molecule has 1 atom stereocenters. The summed E-state index contributed by atoms with van der Waals surface area (Å²) in [5.74, 6) is 1.02. The number of fused-ring (bicyclic) bond motifs is 1. The van der Waals surface area contributed by atoms with Crippen LogP contribution in [-0.2, 0) is 22.4 Å². The molecule has 5 rings (SSSR count). The molecule has 0 bridgehead atoms. The van der Waals surface area contributed by atoms with Crippen LogP contribution in [0.3, 0.4) is 0 Å². The minimum absolute atomic E-state index is 0.175. The van der Waals surface area contributed by atoms with Crippen LogP contribution >= 0.6 is 11.3 Å². The molecule has 1 saturated heterocycles. The number of amides is 1. The predicted octanol–water partition coefficient (Wildman–Crippen LogP) is 3.50. The molecule has 4 heterocycles. The first-order valence-corrected chi connectivity index (χ1v) is 12.2. The van der Waals surface area contributed by atoms with Gasteiger partial charge in [-0.1, -0.05) is 6.92 Å². The van der Waals surface area contributed by atoms with Crippen molar-refractivity contribution in [3.8, 4) is 17.7 Å². The molecule has 1 aliphatic carbocycles. The van der Waals surface area contributed by atoms with Crippen LogP contribution in [0.15, 0.2) is 32.6 Å². The Kier molecular flexibility index (Phi) is 6.11. The van der Waals surface area contributed by atoms with Gasteiger partial charge >= 0.3 is 5.97 Å². The van der Waals surface area contributed by atoms with Crippen molar-refractivity contribution in [3.63, 3.8) is 0 Å². The summed E-state index contributed by atoms with van der Waals surface area (Å²) in [6.07, 6.45) is 4.46. The number of piperazine rings is 1. The maximum absolute atomic E-state index is 12.7. The minimum atomic E-state index is -0.426. The van der Waals surface area contributed by atoms with Gasteiger partial charge in [0, 0.05) is 36.4 Å². The van der Waals surface area contributed by atoms with Crippen LogP contribution in [0.4, 0.5) is 5.88 Å². The Hall–Kier alpha value is -3.58. The SMILES string of the molecule is CC1CCc2c(C(=O)OCC(=O)N3CCN(c4oc(-c5ccco5)nc4C#N)CC3)csc2C1. The number of thiophene rings is 1. The zero-order valence-electron chi connectivity index (χ0n) is 18.8. The van der Waals surface area contributed by atoms with E-state index in [1.54, 1.807) is 28.4 Å². The fourth-order valence-electron chi connectivity index (χ4n) is 4.41. The number of esters is 1. The van der Waals surface area contributed by atoms with E-state index >= 15 is 0 Å². The highest BCUT2D eigenvalue weighted by atomic mass is 32.1. The molecule has 1 aliphatic heterocycles. The molecule has 0 N–H and O–H groups in total. The smallest absolute Gasteiger partial charge is 0.339 e. The Morgan fingerprint density at radius 3 is 2.88 bits per heavy atom. The Labute approximate surface area is 200 Å². The molecule has 0 radical (unpaired) electrons. The third kappa shape index (κ3) is 4.31. The zero-order chi connectivity index (χ0) is 23.7. The molecule has 3 aromatic rings. The van der Waals surface area contributed by atoms with Crippen LogP contribution in [0.1, 0.15) is 39.8 Å². The normalized spacial score (nSPS) is 17.8. The van der Waals surface area contributed by atoms with Gasteiger partial charge in [0.1, 0.15) is 6.07 Å². The molecule has 0 spiro atoms. The molecule has 1 unspecified atom stereocenters. The summed E-state index contributed by atoms with van der Waals surface area (Å²) in [4.78, 5) is 34.3. The Morgan fingerprint density at radius 1 is 1.32 bits per heavy atom. The first-order chi connectivity index (χ1) is 16.5. The van der Waals surface area contributed by atoms with E-state index in [0.29, 0.717) is 49.3 Å². The predicted molar refractivity (Wildman–Crippen MR) is 124 cm³/mol. The van der Waals surface area contributed by atoms with Crippen molar-refractivity contribution in [1.82, 2.24) is 9.88 Å². The van der Waals surface area contributed by atoms with E-state index in [0.717, 1.165) is 24.8 Å². The van der Waals surface area contributed by atoms with Gasteiger partial charge in [-0.2, -0.15) is 10.2 Å². The number of rotatable bonds is 5. The third-order valence-electron chi connectivity index (χ3n) is 6.32. The lowest BCUT2D eigenvalue weighted by atomic mass is 9.88. The van der Waals surface area contributed by atoms with Crippen LogP contribution in [0.2, 0.25) is 0 Å². The zero-order valence-corrected chi connectivity index (χ0v) is 19.6. The number of nitrogens with zero attached hydrogens (tertiary/aromatic N) is 4. The summed E-state index contributed by atoms with van der Waals surface area (Å²) < 4.78 is 16.5. The molecule has 176 valence electrons. The second kappa shape index (κ2) is 9.35. The Morgan fingerprint density at radius 2 is 2.15 bits per heavy atom. The van der Waals surface area contributed by atoms with E-state index in [1.165, 1.54) is 11.1 Å². The topological polar surface area (TPSA) is 113 Å². The number of anilines is 1. The molecule has 0 saturated carbocycles. The number of aromatic nitrogens is 1. The maximum Gasteiger partial charge on any atom is 0.339 e. The van der Waals surface area contributed by atoms with E-state index in [-0.39, 0.29) is 24.1 Å². The fourth-order valence-corrected chi connectivity index (χ4v) is 5.64. The highest BCUT2D eigenvalue weighted by molar-refractivity contribution is 7.10. The Balaban J connectivity index is 1.16. The summed E-state index contributed by atoms with van der Waals surface area (Å²) in [5, 5.41) is 11.3. The molecular formula is C24H24N4O5S. The molecule has 3 aromatic heterocycles. The number of ether oxygens (including phenoxy) is 1. The second-order valence-corrected chi connectivity index (χ2v) is 9.57. The number of furan rings is 1. The molecule has 9 nitrogen and oxygen atoms in total. The lowest BCUT2D eigenvalue weighted by molar-refractivity contribution is -0.134. The van der Waals surface area contributed by atoms with Gasteiger partial charge in [-0.15, -0.1) is 11.3 Å². The monoisotopic (exact) mass is 480 g/mol. The van der Waals surface area contributed by atoms with E-state index in [2.05, 4.69) is 18.0 Å². The summed E-state index contributed by atoms with van der Waals surface area (Å²) in [6, 6.07) is 5.48. The summed E-state index contributed by atoms with van der Waals surface area (Å²) in [5.41, 5.74) is 1.86. The van der Waals surface area contributed by atoms with E-state index < -0.39 is 5.97 Å². The van der Waals surface area contributed by atoms with Crippen LogP contribution in [0.25, 0.3) is 11.7 Å². The van der Waals surface area contributed by atoms with Crippen molar-refractivity contribution in [1.29, 1.82) is 5.26 Å². The van der Waals surface area contributed by atoms with Crippen LogP contribution in [-0.4, -0.2) is 54.5 Å². The minimum Gasteiger partial charge on any atom is -0.459 e. The average molecular weight is 481 g/mol. The third-order valence-corrected chi connectivity index (χ3v) is 7.37. The Bertz CT molecular complexity index is 1230. The van der Waals surface area contributed by atoms with Gasteiger partial charge in [0.05, 0.1) is 11.8 Å². The van der Waals surface area contributed by atoms with Crippen LogP contribution in [0.5, 0.6) is 0 Å². The molecular weight excluding hydrogens is 456 g/mol. The first kappa shape index (κ1) is 22.2. The van der Waals surface area contributed by atoms with Crippen molar-refractivity contribution in [2.75, 3.05) is 37.7 Å². The number of carbonyl (C=O) groups is 2. The molecule has 1 amide bonds. The lowest BCUT2D eigenvalue weighted by Gasteiger charge is -2.34. The number of nitriles is 1. The quantitative estimate of drug-likeness (QED) is 0.510. The van der Waals surface area contributed by atoms with E-state index in [4.69, 9.17) is 13.6 Å². The van der Waals surface area contributed by atoms with Gasteiger partial charge in [0.2, 0.25) is 11.6 Å². The maximum atomic E-state index is 12.7. The van der Waals surface area contributed by atoms with Crippen molar-refractivity contribution in [3.05, 3.63) is 45.5 Å². The molecule has 2 aliphatic rings. The van der Waals surface area contributed by atoms with Crippen LogP contribution < -0.4 is 4.90 Å². The molecule has 34 heavy (non-hydrogen) atoms. The average Bonchev–Trinajstić information content (AvgIpc) is 3.61. The number of hydrogen-bond donors (Lipinski definition) is 0. The first-order valence-electron chi connectivity index (χ1n) is 11.3. The standard InChI is InChI=1S/C24H24N4O5S/c1-15-4-5-16-17(14-34-20(16)11-15)24(30)32-13-21(29)27-6-8-28(9-7-27)23-18(12-25)26-22(33-23)19-3-2-10-31-19/h2-3,10,14-15H,4-9,11,13H2,1H3.